The van der Waals surface area contributed by atoms with E-state index in [1.54, 1.807) is 0 Å². The molecule has 0 unspecified atom stereocenters. The first kappa shape index (κ1) is 16.0. The lowest BCUT2D eigenvalue weighted by Gasteiger charge is -2.40. The van der Waals surface area contributed by atoms with Gasteiger partial charge in [0.05, 0.1) is 0 Å². The lowest BCUT2D eigenvalue weighted by molar-refractivity contribution is 0.0941. The lowest BCUT2D eigenvalue weighted by Crippen LogP contribution is -2.45. The normalized spacial score (nSPS) is 21.5. The number of rotatable bonds is 6. The van der Waals surface area contributed by atoms with Crippen LogP contribution in [0.2, 0.25) is 0 Å². The van der Waals surface area contributed by atoms with Crippen molar-refractivity contribution in [2.45, 2.75) is 54.4 Å². The zero-order valence-corrected chi connectivity index (χ0v) is 13.5. The second-order valence-electron chi connectivity index (χ2n) is 8.13. The van der Waals surface area contributed by atoms with Crippen LogP contribution in [0.4, 0.5) is 0 Å². The van der Waals surface area contributed by atoms with Crippen LogP contribution in [0.3, 0.4) is 0 Å². The minimum absolute atomic E-state index is 0.385. The van der Waals surface area contributed by atoms with Gasteiger partial charge in [0.2, 0.25) is 0 Å². The van der Waals surface area contributed by atoms with Crippen molar-refractivity contribution in [3.63, 3.8) is 0 Å². The molecule has 2 nitrogen and oxygen atoms in total. The highest BCUT2D eigenvalue weighted by Crippen LogP contribution is 2.31. The Morgan fingerprint density at radius 1 is 1.17 bits per heavy atom. The molecule has 0 spiro atoms. The van der Waals surface area contributed by atoms with Crippen molar-refractivity contribution in [1.82, 2.24) is 10.2 Å². The quantitative estimate of drug-likeness (QED) is 0.782. The summed E-state index contributed by atoms with van der Waals surface area (Å²) in [7, 11) is 0. The molecule has 1 aliphatic heterocycles. The second-order valence-corrected chi connectivity index (χ2v) is 8.13. The van der Waals surface area contributed by atoms with E-state index in [9.17, 15) is 0 Å². The lowest BCUT2D eigenvalue weighted by atomic mass is 9.81. The van der Waals surface area contributed by atoms with Crippen molar-refractivity contribution >= 4 is 0 Å². The van der Waals surface area contributed by atoms with Gasteiger partial charge in [-0.1, -0.05) is 41.5 Å². The second kappa shape index (κ2) is 6.38. The Bertz CT molecular complexity index is 233. The minimum atomic E-state index is 0.385. The zero-order valence-electron chi connectivity index (χ0n) is 13.5. The van der Waals surface area contributed by atoms with Gasteiger partial charge in [0.25, 0.3) is 0 Å². The van der Waals surface area contributed by atoms with Crippen LogP contribution >= 0.6 is 0 Å². The molecule has 1 N–H and O–H groups in total. The number of likely N-dealkylation sites (tertiary alicyclic amines) is 1. The van der Waals surface area contributed by atoms with E-state index in [1.807, 2.05) is 0 Å². The third-order valence-corrected chi connectivity index (χ3v) is 4.02. The molecule has 1 aliphatic rings. The van der Waals surface area contributed by atoms with Gasteiger partial charge in [-0.15, -0.1) is 0 Å². The third kappa shape index (κ3) is 6.19. The predicted octanol–water partition coefficient (Wildman–Crippen LogP) is 3.38. The van der Waals surface area contributed by atoms with Gasteiger partial charge in [0.15, 0.2) is 0 Å². The SMILES string of the molecule is CC(C)CNCC(C)(C)CN1CCC(C)(C)CC1. The average Bonchev–Trinajstić information content (AvgIpc) is 2.20. The summed E-state index contributed by atoms with van der Waals surface area (Å²) in [6.45, 7) is 20.2. The van der Waals surface area contributed by atoms with Gasteiger partial charge in [-0.25, -0.2) is 0 Å². The molecule has 0 aromatic carbocycles. The van der Waals surface area contributed by atoms with Gasteiger partial charge in [-0.05, 0) is 49.2 Å². The van der Waals surface area contributed by atoms with E-state index in [2.05, 4.69) is 51.8 Å². The maximum atomic E-state index is 3.60. The van der Waals surface area contributed by atoms with Gasteiger partial charge in [-0.2, -0.15) is 0 Å². The predicted molar refractivity (Wildman–Crippen MR) is 80.9 cm³/mol. The summed E-state index contributed by atoms with van der Waals surface area (Å²) < 4.78 is 0. The molecule has 0 amide bonds. The Labute approximate surface area is 115 Å². The highest BCUT2D eigenvalue weighted by molar-refractivity contribution is 4.83. The topological polar surface area (TPSA) is 15.3 Å². The van der Waals surface area contributed by atoms with E-state index >= 15 is 0 Å². The monoisotopic (exact) mass is 254 g/mol. The Hall–Kier alpha value is -0.0800. The van der Waals surface area contributed by atoms with Crippen LogP contribution in [-0.2, 0) is 0 Å². The summed E-state index contributed by atoms with van der Waals surface area (Å²) in [6, 6.07) is 0. The smallest absolute Gasteiger partial charge is 0.00448 e. The van der Waals surface area contributed by atoms with Crippen LogP contribution < -0.4 is 5.32 Å². The van der Waals surface area contributed by atoms with E-state index in [-0.39, 0.29) is 0 Å². The summed E-state index contributed by atoms with van der Waals surface area (Å²) in [5.41, 5.74) is 0.951. The molecule has 0 aromatic heterocycles. The van der Waals surface area contributed by atoms with Crippen molar-refractivity contribution in [2.75, 3.05) is 32.7 Å². The fourth-order valence-electron chi connectivity index (χ4n) is 2.68. The molecule has 2 heteroatoms. The standard InChI is InChI=1S/C16H34N2/c1-14(2)11-17-12-16(5,6)13-18-9-7-15(3,4)8-10-18/h14,17H,7-13H2,1-6H3. The van der Waals surface area contributed by atoms with E-state index in [0.717, 1.165) is 19.0 Å². The third-order valence-electron chi connectivity index (χ3n) is 4.02. The van der Waals surface area contributed by atoms with Gasteiger partial charge in [0.1, 0.15) is 0 Å². The van der Waals surface area contributed by atoms with Gasteiger partial charge >= 0.3 is 0 Å². The van der Waals surface area contributed by atoms with Crippen LogP contribution in [0, 0.1) is 16.7 Å². The molecular weight excluding hydrogens is 220 g/mol. The summed E-state index contributed by atoms with van der Waals surface area (Å²) in [6.07, 6.45) is 2.70. The van der Waals surface area contributed by atoms with E-state index < -0.39 is 0 Å². The number of hydrogen-bond acceptors (Lipinski definition) is 2. The molecule has 0 radical (unpaired) electrons. The van der Waals surface area contributed by atoms with Crippen molar-refractivity contribution in [3.8, 4) is 0 Å². The number of nitrogens with one attached hydrogen (secondary N) is 1. The highest BCUT2D eigenvalue weighted by atomic mass is 15.1. The molecule has 0 aliphatic carbocycles. The van der Waals surface area contributed by atoms with Crippen molar-refractivity contribution < 1.29 is 0 Å². The van der Waals surface area contributed by atoms with Gasteiger partial charge < -0.3 is 10.2 Å². The maximum Gasteiger partial charge on any atom is 0.00448 e. The summed E-state index contributed by atoms with van der Waals surface area (Å²) in [5.74, 6) is 0.747. The molecule has 1 fully saturated rings. The maximum absolute atomic E-state index is 3.60. The largest absolute Gasteiger partial charge is 0.316 e. The molecule has 1 heterocycles. The molecule has 1 rings (SSSR count). The molecule has 0 atom stereocenters. The Balaban J connectivity index is 2.28. The number of nitrogens with zero attached hydrogens (tertiary/aromatic N) is 1. The van der Waals surface area contributed by atoms with Gasteiger partial charge in [-0.3, -0.25) is 0 Å². The molecule has 108 valence electrons. The molecular formula is C16H34N2. The molecule has 18 heavy (non-hydrogen) atoms. The van der Waals surface area contributed by atoms with E-state index in [4.69, 9.17) is 0 Å². The molecule has 1 saturated heterocycles. The number of hydrogen-bond donors (Lipinski definition) is 1. The first-order valence-corrected chi connectivity index (χ1v) is 7.63. The fourth-order valence-corrected chi connectivity index (χ4v) is 2.68. The van der Waals surface area contributed by atoms with Crippen molar-refractivity contribution in [1.29, 1.82) is 0 Å². The van der Waals surface area contributed by atoms with E-state index in [1.165, 1.54) is 32.5 Å². The first-order valence-electron chi connectivity index (χ1n) is 7.63. The Morgan fingerprint density at radius 3 is 2.22 bits per heavy atom. The molecule has 0 saturated carbocycles. The van der Waals surface area contributed by atoms with Gasteiger partial charge in [0, 0.05) is 13.1 Å². The van der Waals surface area contributed by atoms with E-state index in [0.29, 0.717) is 10.8 Å². The Morgan fingerprint density at radius 2 is 1.72 bits per heavy atom. The van der Waals surface area contributed by atoms with Crippen molar-refractivity contribution in [2.24, 2.45) is 16.7 Å². The zero-order chi connectivity index (χ0) is 13.8. The van der Waals surface area contributed by atoms with Crippen LogP contribution in [0.15, 0.2) is 0 Å². The first-order chi connectivity index (χ1) is 8.20. The van der Waals surface area contributed by atoms with Crippen LogP contribution in [-0.4, -0.2) is 37.6 Å². The molecule has 0 aromatic rings. The van der Waals surface area contributed by atoms with Crippen molar-refractivity contribution in [3.05, 3.63) is 0 Å². The van der Waals surface area contributed by atoms with Crippen LogP contribution in [0.25, 0.3) is 0 Å². The van der Waals surface area contributed by atoms with Crippen LogP contribution in [0.1, 0.15) is 54.4 Å². The Kier molecular flexibility index (Phi) is 5.67. The summed E-state index contributed by atoms with van der Waals surface area (Å²) >= 11 is 0. The molecule has 0 bridgehead atoms. The highest BCUT2D eigenvalue weighted by Gasteiger charge is 2.28. The fraction of sp³-hybridized carbons (Fsp3) is 1.00. The minimum Gasteiger partial charge on any atom is -0.316 e. The van der Waals surface area contributed by atoms with Crippen LogP contribution in [0.5, 0.6) is 0 Å². The summed E-state index contributed by atoms with van der Waals surface area (Å²) in [4.78, 5) is 2.66. The average molecular weight is 254 g/mol. The number of piperidine rings is 1. The summed E-state index contributed by atoms with van der Waals surface area (Å²) in [5, 5.41) is 3.60.